The second-order valence-electron chi connectivity index (χ2n) is 11.9. The van der Waals surface area contributed by atoms with Gasteiger partial charge in [-0.3, -0.25) is 10.2 Å². The van der Waals surface area contributed by atoms with Crippen molar-refractivity contribution in [1.82, 2.24) is 14.7 Å². The fourth-order valence-electron chi connectivity index (χ4n) is 6.40. The van der Waals surface area contributed by atoms with Gasteiger partial charge in [-0.2, -0.15) is 5.10 Å². The molecule has 2 heterocycles. The van der Waals surface area contributed by atoms with E-state index in [1.807, 2.05) is 10.7 Å². The van der Waals surface area contributed by atoms with Crippen LogP contribution in [0.25, 0.3) is 11.3 Å². The van der Waals surface area contributed by atoms with Gasteiger partial charge < -0.3 is 9.80 Å². The third-order valence-electron chi connectivity index (χ3n) is 9.11. The van der Waals surface area contributed by atoms with Crippen molar-refractivity contribution in [2.75, 3.05) is 31.1 Å². The Balaban J connectivity index is 0.925. The summed E-state index contributed by atoms with van der Waals surface area (Å²) in [6, 6.07) is 17.1. The highest BCUT2D eigenvalue weighted by molar-refractivity contribution is 5.76. The Hall–Kier alpha value is -3.41. The Kier molecular flexibility index (Phi) is 9.92. The first kappa shape index (κ1) is 29.1. The number of unbranched alkanes of at least 4 members (excludes halogenated alkanes) is 7. The lowest BCUT2D eigenvalue weighted by Gasteiger charge is -2.37. The number of aromatic nitrogens is 2. The van der Waals surface area contributed by atoms with Crippen LogP contribution in [-0.4, -0.2) is 46.8 Å². The Morgan fingerprint density at radius 2 is 1.49 bits per heavy atom. The van der Waals surface area contributed by atoms with Crippen LogP contribution in [0.4, 0.5) is 5.69 Å². The zero-order valence-electron chi connectivity index (χ0n) is 25.1. The van der Waals surface area contributed by atoms with Gasteiger partial charge in [0.15, 0.2) is 0 Å². The zero-order valence-corrected chi connectivity index (χ0v) is 25.1. The van der Waals surface area contributed by atoms with Crippen LogP contribution >= 0.6 is 0 Å². The molecule has 2 aliphatic rings. The van der Waals surface area contributed by atoms with Crippen LogP contribution in [0.1, 0.15) is 80.0 Å². The first-order chi connectivity index (χ1) is 20.0. The van der Waals surface area contributed by atoms with E-state index in [2.05, 4.69) is 66.1 Å². The molecule has 0 spiro atoms. The molecule has 1 aliphatic carbocycles. The number of rotatable bonds is 12. The van der Waals surface area contributed by atoms with Gasteiger partial charge in [0, 0.05) is 50.4 Å². The summed E-state index contributed by atoms with van der Waals surface area (Å²) in [6.45, 7) is 8.70. The summed E-state index contributed by atoms with van der Waals surface area (Å²) >= 11 is 0. The molecule has 5 rings (SSSR count). The van der Waals surface area contributed by atoms with E-state index in [0.717, 1.165) is 70.5 Å². The predicted molar refractivity (Wildman–Crippen MR) is 167 cm³/mol. The summed E-state index contributed by atoms with van der Waals surface area (Å²) in [5, 5.41) is 13.3. The standard InChI is InChI=1S/C35H47N5O/c1-27-14-13-17-32(28(27)2)38-22-24-39(25-23-38)34(41)18-9-7-5-3-4-6-8-12-21-40-33(36)26-30-20-19-29-15-10-11-16-31(29)35(30)37-40/h10-11,13-17,26,36H,3-9,12,18-25H2,1-2H3. The highest BCUT2D eigenvalue weighted by Crippen LogP contribution is 2.30. The van der Waals surface area contributed by atoms with Crippen molar-refractivity contribution in [3.8, 4) is 11.3 Å². The molecule has 0 saturated carbocycles. The van der Waals surface area contributed by atoms with Gasteiger partial charge in [0.2, 0.25) is 5.91 Å². The van der Waals surface area contributed by atoms with Crippen LogP contribution in [-0.2, 0) is 24.2 Å². The molecular weight excluding hydrogens is 506 g/mol. The Morgan fingerprint density at radius 1 is 0.805 bits per heavy atom. The monoisotopic (exact) mass is 553 g/mol. The number of nitrogens with zero attached hydrogens (tertiary/aromatic N) is 4. The second kappa shape index (κ2) is 14.0. The van der Waals surface area contributed by atoms with Gasteiger partial charge >= 0.3 is 0 Å². The van der Waals surface area contributed by atoms with Gasteiger partial charge in [-0.15, -0.1) is 0 Å². The number of anilines is 1. The average Bonchev–Trinajstić information content (AvgIpc) is 2.99. The lowest BCUT2D eigenvalue weighted by atomic mass is 9.89. The molecular formula is C35H47N5O. The van der Waals surface area contributed by atoms with Crippen molar-refractivity contribution in [1.29, 1.82) is 5.41 Å². The maximum Gasteiger partial charge on any atom is 0.222 e. The minimum Gasteiger partial charge on any atom is -0.368 e. The average molecular weight is 554 g/mol. The lowest BCUT2D eigenvalue weighted by Crippen LogP contribution is -2.49. The molecule has 0 bridgehead atoms. The van der Waals surface area contributed by atoms with E-state index in [-0.39, 0.29) is 0 Å². The Bertz CT molecular complexity index is 1390. The summed E-state index contributed by atoms with van der Waals surface area (Å²) in [7, 11) is 0. The van der Waals surface area contributed by atoms with E-state index >= 15 is 0 Å². The molecule has 1 fully saturated rings. The normalized spacial score (nSPS) is 14.6. The quantitative estimate of drug-likeness (QED) is 0.257. The van der Waals surface area contributed by atoms with Gasteiger partial charge in [0.25, 0.3) is 0 Å². The minimum absolute atomic E-state index is 0.330. The Morgan fingerprint density at radius 3 is 2.27 bits per heavy atom. The molecule has 0 radical (unpaired) electrons. The summed E-state index contributed by atoms with van der Waals surface area (Å²) in [5.74, 6) is 0.330. The fraction of sp³-hybridized carbons (Fsp3) is 0.514. The number of nitrogens with one attached hydrogen (secondary N) is 1. The van der Waals surface area contributed by atoms with E-state index in [1.54, 1.807) is 0 Å². The van der Waals surface area contributed by atoms with Gasteiger partial charge in [-0.1, -0.05) is 74.9 Å². The lowest BCUT2D eigenvalue weighted by molar-refractivity contribution is -0.131. The molecule has 3 aromatic rings. The number of aryl methyl sites for hydroxylation is 4. The third-order valence-corrected chi connectivity index (χ3v) is 9.11. The number of fused-ring (bicyclic) bond motifs is 3. The summed E-state index contributed by atoms with van der Waals surface area (Å²) < 4.78 is 1.89. The summed E-state index contributed by atoms with van der Waals surface area (Å²) in [4.78, 5) is 17.2. The molecule has 218 valence electrons. The topological polar surface area (TPSA) is 65.2 Å². The van der Waals surface area contributed by atoms with Crippen molar-refractivity contribution in [2.24, 2.45) is 0 Å². The largest absolute Gasteiger partial charge is 0.368 e. The van der Waals surface area contributed by atoms with Gasteiger partial charge in [-0.05, 0) is 73.9 Å². The highest BCUT2D eigenvalue weighted by Gasteiger charge is 2.22. The van der Waals surface area contributed by atoms with Crippen LogP contribution in [0.15, 0.2) is 48.5 Å². The number of amides is 1. The molecule has 1 saturated heterocycles. The number of hydrogen-bond acceptors (Lipinski definition) is 4. The molecule has 0 unspecified atom stereocenters. The van der Waals surface area contributed by atoms with Crippen LogP contribution < -0.4 is 10.4 Å². The molecule has 2 aromatic carbocycles. The third kappa shape index (κ3) is 7.27. The van der Waals surface area contributed by atoms with Crippen molar-refractivity contribution in [3.05, 3.63) is 76.3 Å². The van der Waals surface area contributed by atoms with Crippen LogP contribution in [0.3, 0.4) is 0 Å². The number of carbonyl (C=O) groups is 1. The molecule has 41 heavy (non-hydrogen) atoms. The maximum atomic E-state index is 12.7. The van der Waals surface area contributed by atoms with Gasteiger partial charge in [0.1, 0.15) is 5.49 Å². The SMILES string of the molecule is Cc1cccc(N2CCN(C(=O)CCCCCCCCCCn3nc4c(cc3=N)CCc3ccccc3-4)CC2)c1C. The van der Waals surface area contributed by atoms with Crippen LogP contribution in [0.2, 0.25) is 0 Å². The smallest absolute Gasteiger partial charge is 0.222 e. The highest BCUT2D eigenvalue weighted by atomic mass is 16.2. The van der Waals surface area contributed by atoms with Crippen LogP contribution in [0.5, 0.6) is 0 Å². The van der Waals surface area contributed by atoms with Crippen molar-refractivity contribution in [2.45, 2.75) is 91.0 Å². The van der Waals surface area contributed by atoms with E-state index < -0.39 is 0 Å². The molecule has 1 amide bonds. The van der Waals surface area contributed by atoms with E-state index in [9.17, 15) is 4.79 Å². The summed E-state index contributed by atoms with van der Waals surface area (Å²) in [5.41, 5.74) is 9.42. The number of benzene rings is 2. The zero-order chi connectivity index (χ0) is 28.6. The molecule has 1 aromatic heterocycles. The van der Waals surface area contributed by atoms with Crippen molar-refractivity contribution >= 4 is 11.6 Å². The molecule has 6 heteroatoms. The van der Waals surface area contributed by atoms with E-state index in [1.165, 1.54) is 65.6 Å². The Labute approximate surface area is 245 Å². The minimum atomic E-state index is 0.330. The number of carbonyl (C=O) groups excluding carboxylic acids is 1. The molecule has 1 N–H and O–H groups in total. The van der Waals surface area contributed by atoms with E-state index in [0.29, 0.717) is 17.8 Å². The second-order valence-corrected chi connectivity index (χ2v) is 11.9. The number of hydrogen-bond donors (Lipinski definition) is 1. The van der Waals surface area contributed by atoms with Crippen molar-refractivity contribution < 1.29 is 4.79 Å². The van der Waals surface area contributed by atoms with Crippen LogP contribution in [0, 0.1) is 19.3 Å². The van der Waals surface area contributed by atoms with Crippen molar-refractivity contribution in [3.63, 3.8) is 0 Å². The van der Waals surface area contributed by atoms with Gasteiger partial charge in [-0.25, -0.2) is 4.68 Å². The molecule has 1 aliphatic heterocycles. The molecule has 6 nitrogen and oxygen atoms in total. The fourth-order valence-corrected chi connectivity index (χ4v) is 6.40. The maximum absolute atomic E-state index is 12.7. The van der Waals surface area contributed by atoms with Gasteiger partial charge in [0.05, 0.1) is 5.69 Å². The first-order valence-corrected chi connectivity index (χ1v) is 15.8. The van der Waals surface area contributed by atoms with E-state index in [4.69, 9.17) is 10.5 Å². The first-order valence-electron chi connectivity index (χ1n) is 15.8. The summed E-state index contributed by atoms with van der Waals surface area (Å²) in [6.07, 6.45) is 12.0. The number of piperazine rings is 1. The predicted octanol–water partition coefficient (Wildman–Crippen LogP) is 6.60. The molecule has 0 atom stereocenters.